The van der Waals surface area contributed by atoms with E-state index in [0.717, 1.165) is 17.2 Å². The Balaban J connectivity index is 2.13. The maximum Gasteiger partial charge on any atom is 0.163 e. The standard InChI is InChI=1S/C15H20N2O2S/c1-4-18-13-7-6-12(8-14(13)19-5-2)17-11(3)15-9-16-10-20-15/h6-11,17H,4-5H2,1-3H3. The Kier molecular flexibility index (Phi) is 5.24. The fraction of sp³-hybridized carbons (Fsp3) is 0.400. The summed E-state index contributed by atoms with van der Waals surface area (Å²) < 4.78 is 11.2. The van der Waals surface area contributed by atoms with Gasteiger partial charge in [-0.2, -0.15) is 0 Å². The van der Waals surface area contributed by atoms with Crippen molar-refractivity contribution in [1.82, 2.24) is 4.98 Å². The van der Waals surface area contributed by atoms with Crippen LogP contribution in [-0.2, 0) is 0 Å². The van der Waals surface area contributed by atoms with Crippen LogP contribution in [0.5, 0.6) is 11.5 Å². The molecule has 1 aromatic carbocycles. The molecule has 4 nitrogen and oxygen atoms in total. The molecule has 108 valence electrons. The van der Waals surface area contributed by atoms with Crippen LogP contribution in [-0.4, -0.2) is 18.2 Å². The van der Waals surface area contributed by atoms with E-state index < -0.39 is 0 Å². The van der Waals surface area contributed by atoms with Gasteiger partial charge in [0, 0.05) is 22.8 Å². The highest BCUT2D eigenvalue weighted by atomic mass is 32.1. The summed E-state index contributed by atoms with van der Waals surface area (Å²) in [6, 6.07) is 6.14. The molecule has 0 aliphatic rings. The van der Waals surface area contributed by atoms with Crippen molar-refractivity contribution in [2.75, 3.05) is 18.5 Å². The Morgan fingerprint density at radius 2 is 1.95 bits per heavy atom. The Morgan fingerprint density at radius 1 is 1.20 bits per heavy atom. The van der Waals surface area contributed by atoms with Gasteiger partial charge in [0.05, 0.1) is 24.8 Å². The Bertz CT molecular complexity index is 529. The van der Waals surface area contributed by atoms with Gasteiger partial charge in [-0.3, -0.25) is 4.98 Å². The number of rotatable bonds is 7. The van der Waals surface area contributed by atoms with E-state index in [1.54, 1.807) is 11.3 Å². The number of hydrogen-bond acceptors (Lipinski definition) is 5. The number of ether oxygens (including phenoxy) is 2. The van der Waals surface area contributed by atoms with Gasteiger partial charge in [0.1, 0.15) is 0 Å². The van der Waals surface area contributed by atoms with Crippen molar-refractivity contribution in [3.05, 3.63) is 34.8 Å². The largest absolute Gasteiger partial charge is 0.490 e. The number of hydrogen-bond donors (Lipinski definition) is 1. The van der Waals surface area contributed by atoms with Crippen molar-refractivity contribution in [2.24, 2.45) is 0 Å². The van der Waals surface area contributed by atoms with Crippen molar-refractivity contribution < 1.29 is 9.47 Å². The van der Waals surface area contributed by atoms with Crippen molar-refractivity contribution in [3.63, 3.8) is 0 Å². The molecule has 2 rings (SSSR count). The molecule has 0 fully saturated rings. The van der Waals surface area contributed by atoms with Gasteiger partial charge in [0.25, 0.3) is 0 Å². The first-order valence-corrected chi connectivity index (χ1v) is 7.67. The molecule has 0 radical (unpaired) electrons. The summed E-state index contributed by atoms with van der Waals surface area (Å²) in [6.07, 6.45) is 1.89. The lowest BCUT2D eigenvalue weighted by Crippen LogP contribution is -2.06. The second-order valence-electron chi connectivity index (χ2n) is 4.30. The van der Waals surface area contributed by atoms with Crippen LogP contribution in [0, 0.1) is 0 Å². The van der Waals surface area contributed by atoms with Crippen molar-refractivity contribution in [1.29, 1.82) is 0 Å². The SMILES string of the molecule is CCOc1ccc(NC(C)c2cncs2)cc1OCC. The van der Waals surface area contributed by atoms with E-state index >= 15 is 0 Å². The molecule has 1 N–H and O–H groups in total. The monoisotopic (exact) mass is 292 g/mol. The minimum Gasteiger partial charge on any atom is -0.490 e. The predicted molar refractivity (Wildman–Crippen MR) is 82.9 cm³/mol. The maximum atomic E-state index is 5.63. The third-order valence-electron chi connectivity index (χ3n) is 2.80. The molecule has 1 atom stereocenters. The van der Waals surface area contributed by atoms with Crippen LogP contribution in [0.1, 0.15) is 31.7 Å². The molecule has 0 saturated heterocycles. The van der Waals surface area contributed by atoms with E-state index in [1.807, 2.05) is 43.8 Å². The minimum atomic E-state index is 0.218. The fourth-order valence-corrected chi connectivity index (χ4v) is 2.53. The smallest absolute Gasteiger partial charge is 0.163 e. The quantitative estimate of drug-likeness (QED) is 0.834. The van der Waals surface area contributed by atoms with Crippen LogP contribution in [0.15, 0.2) is 29.9 Å². The normalized spacial score (nSPS) is 11.9. The van der Waals surface area contributed by atoms with E-state index in [2.05, 4.69) is 17.2 Å². The highest BCUT2D eigenvalue weighted by Crippen LogP contribution is 2.32. The molecule has 0 bridgehead atoms. The van der Waals surface area contributed by atoms with Crippen LogP contribution in [0.2, 0.25) is 0 Å². The number of aromatic nitrogens is 1. The lowest BCUT2D eigenvalue weighted by molar-refractivity contribution is 0.288. The summed E-state index contributed by atoms with van der Waals surface area (Å²) in [5.41, 5.74) is 2.86. The van der Waals surface area contributed by atoms with Crippen LogP contribution >= 0.6 is 11.3 Å². The van der Waals surface area contributed by atoms with Crippen LogP contribution < -0.4 is 14.8 Å². The lowest BCUT2D eigenvalue weighted by atomic mass is 10.2. The summed E-state index contributed by atoms with van der Waals surface area (Å²) in [5, 5.41) is 3.45. The number of benzene rings is 1. The molecular formula is C15H20N2O2S. The van der Waals surface area contributed by atoms with Crippen molar-refractivity contribution in [2.45, 2.75) is 26.8 Å². The summed E-state index contributed by atoms with van der Waals surface area (Å²) in [5.74, 6) is 1.56. The Hall–Kier alpha value is -1.75. The van der Waals surface area contributed by atoms with Crippen molar-refractivity contribution in [3.8, 4) is 11.5 Å². The third kappa shape index (κ3) is 3.63. The average molecular weight is 292 g/mol. The number of nitrogens with zero attached hydrogens (tertiary/aromatic N) is 1. The van der Waals surface area contributed by atoms with Gasteiger partial charge < -0.3 is 14.8 Å². The maximum absolute atomic E-state index is 5.63. The molecule has 5 heteroatoms. The highest BCUT2D eigenvalue weighted by molar-refractivity contribution is 7.09. The summed E-state index contributed by atoms with van der Waals surface area (Å²) in [4.78, 5) is 5.31. The van der Waals surface area contributed by atoms with Gasteiger partial charge in [0.2, 0.25) is 0 Å². The van der Waals surface area contributed by atoms with Gasteiger partial charge in [-0.15, -0.1) is 11.3 Å². The molecule has 20 heavy (non-hydrogen) atoms. The molecule has 0 spiro atoms. The van der Waals surface area contributed by atoms with E-state index in [9.17, 15) is 0 Å². The molecule has 0 amide bonds. The van der Waals surface area contributed by atoms with Gasteiger partial charge in [-0.1, -0.05) is 0 Å². The van der Waals surface area contributed by atoms with E-state index in [1.165, 1.54) is 4.88 Å². The summed E-state index contributed by atoms with van der Waals surface area (Å²) >= 11 is 1.65. The third-order valence-corrected chi connectivity index (χ3v) is 3.76. The zero-order valence-corrected chi connectivity index (χ0v) is 12.9. The van der Waals surface area contributed by atoms with Gasteiger partial charge in [-0.05, 0) is 32.9 Å². The summed E-state index contributed by atoms with van der Waals surface area (Å²) in [6.45, 7) is 7.30. The second-order valence-corrected chi connectivity index (χ2v) is 5.22. The number of thiazole rings is 1. The van der Waals surface area contributed by atoms with Gasteiger partial charge in [-0.25, -0.2) is 0 Å². The first-order valence-electron chi connectivity index (χ1n) is 6.79. The van der Waals surface area contributed by atoms with Gasteiger partial charge >= 0.3 is 0 Å². The second kappa shape index (κ2) is 7.14. The first kappa shape index (κ1) is 14.7. The number of nitrogens with one attached hydrogen (secondary N) is 1. The van der Waals surface area contributed by atoms with Crippen molar-refractivity contribution >= 4 is 17.0 Å². The predicted octanol–water partition coefficient (Wildman–Crippen LogP) is 4.11. The molecule has 0 aliphatic carbocycles. The fourth-order valence-electron chi connectivity index (χ4n) is 1.90. The molecular weight excluding hydrogens is 272 g/mol. The zero-order valence-electron chi connectivity index (χ0n) is 12.1. The Labute approximate surface area is 123 Å². The Morgan fingerprint density at radius 3 is 2.60 bits per heavy atom. The van der Waals surface area contributed by atoms with Gasteiger partial charge in [0.15, 0.2) is 11.5 Å². The summed E-state index contributed by atoms with van der Waals surface area (Å²) in [7, 11) is 0. The topological polar surface area (TPSA) is 43.4 Å². The highest BCUT2D eigenvalue weighted by Gasteiger charge is 2.10. The van der Waals surface area contributed by atoms with E-state index in [-0.39, 0.29) is 6.04 Å². The first-order chi connectivity index (χ1) is 9.74. The van der Waals surface area contributed by atoms with Crippen LogP contribution in [0.25, 0.3) is 0 Å². The minimum absolute atomic E-state index is 0.218. The van der Waals surface area contributed by atoms with Crippen LogP contribution in [0.4, 0.5) is 5.69 Å². The lowest BCUT2D eigenvalue weighted by Gasteiger charge is -2.16. The molecule has 1 heterocycles. The average Bonchev–Trinajstić information content (AvgIpc) is 2.96. The van der Waals surface area contributed by atoms with Crippen LogP contribution in [0.3, 0.4) is 0 Å². The molecule has 0 saturated carbocycles. The van der Waals surface area contributed by atoms with E-state index in [4.69, 9.17) is 9.47 Å². The van der Waals surface area contributed by atoms with E-state index in [0.29, 0.717) is 13.2 Å². The molecule has 1 unspecified atom stereocenters. The molecule has 0 aliphatic heterocycles. The molecule has 1 aromatic heterocycles. The number of anilines is 1. The zero-order chi connectivity index (χ0) is 14.4. The molecule has 2 aromatic rings.